The average molecular weight is 341 g/mol. The lowest BCUT2D eigenvalue weighted by Crippen LogP contribution is -2.28. The molecular weight excluding hydrogens is 314 g/mol. The number of carbonyl (C=O) groups is 1. The van der Waals surface area contributed by atoms with Crippen LogP contribution in [0.1, 0.15) is 60.5 Å². The number of hydrogen-bond donors (Lipinski definition) is 1. The first-order chi connectivity index (χ1) is 11.9. The van der Waals surface area contributed by atoms with Crippen LogP contribution in [0.5, 0.6) is 5.75 Å². The van der Waals surface area contributed by atoms with Gasteiger partial charge < -0.3 is 10.1 Å². The van der Waals surface area contributed by atoms with Crippen LogP contribution in [0.2, 0.25) is 0 Å². The third kappa shape index (κ3) is 4.03. The molecule has 1 amide bonds. The number of aromatic nitrogens is 2. The number of nitrogens with zero attached hydrogens (tertiary/aromatic N) is 2. The van der Waals surface area contributed by atoms with Crippen LogP contribution >= 0.6 is 0 Å². The van der Waals surface area contributed by atoms with E-state index in [1.54, 1.807) is 4.68 Å². The van der Waals surface area contributed by atoms with Gasteiger partial charge in [-0.05, 0) is 55.4 Å². The van der Waals surface area contributed by atoms with E-state index in [0.717, 1.165) is 42.9 Å². The molecule has 0 spiro atoms. The lowest BCUT2D eigenvalue weighted by atomic mass is 10.00. The van der Waals surface area contributed by atoms with E-state index in [1.165, 1.54) is 5.56 Å². The third-order valence-corrected chi connectivity index (χ3v) is 4.56. The summed E-state index contributed by atoms with van der Waals surface area (Å²) in [6.07, 6.45) is 2.95. The molecule has 1 aromatic carbocycles. The molecule has 2 aromatic rings. The van der Waals surface area contributed by atoms with Crippen LogP contribution in [0.3, 0.4) is 0 Å². The predicted octanol–water partition coefficient (Wildman–Crippen LogP) is 3.43. The fourth-order valence-corrected chi connectivity index (χ4v) is 3.26. The van der Waals surface area contributed by atoms with E-state index in [2.05, 4.69) is 30.3 Å². The Balaban J connectivity index is 1.71. The van der Waals surface area contributed by atoms with Crippen LogP contribution in [0.25, 0.3) is 0 Å². The minimum absolute atomic E-state index is 0.0665. The van der Waals surface area contributed by atoms with E-state index in [-0.39, 0.29) is 11.9 Å². The number of aryl methyl sites for hydroxylation is 2. The van der Waals surface area contributed by atoms with Crippen molar-refractivity contribution in [3.63, 3.8) is 0 Å². The summed E-state index contributed by atoms with van der Waals surface area (Å²) < 4.78 is 7.33. The third-order valence-electron chi connectivity index (χ3n) is 4.56. The van der Waals surface area contributed by atoms with Crippen LogP contribution in [0.4, 0.5) is 0 Å². The second-order valence-electron chi connectivity index (χ2n) is 7.26. The molecule has 5 heteroatoms. The van der Waals surface area contributed by atoms with E-state index in [0.29, 0.717) is 11.6 Å². The van der Waals surface area contributed by atoms with Crippen molar-refractivity contribution in [3.8, 4) is 5.75 Å². The monoisotopic (exact) mass is 341 g/mol. The molecule has 3 rings (SSSR count). The van der Waals surface area contributed by atoms with Crippen LogP contribution in [-0.2, 0) is 19.9 Å². The Morgan fingerprint density at radius 3 is 2.88 bits per heavy atom. The fourth-order valence-electron chi connectivity index (χ4n) is 3.26. The number of ether oxygens (including phenoxy) is 1. The minimum Gasteiger partial charge on any atom is -0.493 e. The number of benzene rings is 1. The highest BCUT2D eigenvalue weighted by atomic mass is 16.5. The van der Waals surface area contributed by atoms with E-state index in [4.69, 9.17) is 4.74 Å². The van der Waals surface area contributed by atoms with Crippen molar-refractivity contribution >= 4 is 5.91 Å². The molecular formula is C20H27N3O2. The largest absolute Gasteiger partial charge is 0.493 e. The molecule has 25 heavy (non-hydrogen) atoms. The Labute approximate surface area is 149 Å². The van der Waals surface area contributed by atoms with Gasteiger partial charge in [0.15, 0.2) is 0 Å². The molecule has 134 valence electrons. The van der Waals surface area contributed by atoms with E-state index < -0.39 is 0 Å². The molecule has 1 N–H and O–H groups in total. The van der Waals surface area contributed by atoms with Gasteiger partial charge in [-0.25, -0.2) is 0 Å². The van der Waals surface area contributed by atoms with Crippen molar-refractivity contribution in [2.24, 2.45) is 13.0 Å². The molecule has 0 saturated carbocycles. The second-order valence-corrected chi connectivity index (χ2v) is 7.26. The maximum atomic E-state index is 12.6. The van der Waals surface area contributed by atoms with Crippen molar-refractivity contribution in [3.05, 3.63) is 46.8 Å². The summed E-state index contributed by atoms with van der Waals surface area (Å²) in [5.74, 6) is 1.40. The Kier molecular flexibility index (Phi) is 5.11. The van der Waals surface area contributed by atoms with Gasteiger partial charge in [-0.2, -0.15) is 5.10 Å². The number of carbonyl (C=O) groups excluding carboxylic acids is 1. The molecule has 0 bridgehead atoms. The maximum Gasteiger partial charge on any atom is 0.270 e. The molecule has 1 aromatic heterocycles. The molecule has 0 fully saturated rings. The van der Waals surface area contributed by atoms with Crippen molar-refractivity contribution in [2.45, 2.75) is 46.1 Å². The normalized spacial score (nSPS) is 14.8. The summed E-state index contributed by atoms with van der Waals surface area (Å²) in [7, 11) is 1.82. The Hall–Kier alpha value is -2.30. The zero-order valence-electron chi connectivity index (χ0n) is 15.5. The second kappa shape index (κ2) is 7.30. The molecule has 1 atom stereocenters. The summed E-state index contributed by atoms with van der Waals surface area (Å²) in [4.78, 5) is 12.6. The predicted molar refractivity (Wildman–Crippen MR) is 97.9 cm³/mol. The van der Waals surface area contributed by atoms with Gasteiger partial charge in [0.2, 0.25) is 0 Å². The number of fused-ring (bicyclic) bond motifs is 1. The molecule has 0 saturated heterocycles. The van der Waals surface area contributed by atoms with Crippen LogP contribution < -0.4 is 10.1 Å². The van der Waals surface area contributed by atoms with Gasteiger partial charge in [-0.3, -0.25) is 9.48 Å². The number of rotatable bonds is 5. The van der Waals surface area contributed by atoms with Crippen LogP contribution in [0, 0.1) is 5.92 Å². The highest BCUT2D eigenvalue weighted by Crippen LogP contribution is 2.27. The number of nitrogens with one attached hydrogen (secondary N) is 1. The first-order valence-electron chi connectivity index (χ1n) is 9.03. The van der Waals surface area contributed by atoms with Crippen molar-refractivity contribution in [1.29, 1.82) is 0 Å². The molecule has 1 unspecified atom stereocenters. The summed E-state index contributed by atoms with van der Waals surface area (Å²) >= 11 is 0. The highest BCUT2D eigenvalue weighted by molar-refractivity contribution is 5.92. The molecule has 1 aliphatic heterocycles. The van der Waals surface area contributed by atoms with E-state index in [1.807, 2.05) is 32.2 Å². The van der Waals surface area contributed by atoms with Crippen LogP contribution in [-0.4, -0.2) is 22.3 Å². The first kappa shape index (κ1) is 17.5. The summed E-state index contributed by atoms with van der Waals surface area (Å²) in [5, 5.41) is 7.54. The molecule has 5 nitrogen and oxygen atoms in total. The Morgan fingerprint density at radius 2 is 2.12 bits per heavy atom. The van der Waals surface area contributed by atoms with Gasteiger partial charge in [0.25, 0.3) is 5.91 Å². The lowest BCUT2D eigenvalue weighted by molar-refractivity contribution is 0.0930. The summed E-state index contributed by atoms with van der Waals surface area (Å²) in [6.45, 7) is 7.10. The fraction of sp³-hybridized carbons (Fsp3) is 0.500. The van der Waals surface area contributed by atoms with E-state index in [9.17, 15) is 4.79 Å². The number of hydrogen-bond acceptors (Lipinski definition) is 3. The Bertz CT molecular complexity index is 764. The summed E-state index contributed by atoms with van der Waals surface area (Å²) in [6, 6.07) is 8.01. The molecule has 1 aliphatic rings. The quantitative estimate of drug-likeness (QED) is 0.906. The van der Waals surface area contributed by atoms with Gasteiger partial charge in [-0.15, -0.1) is 0 Å². The van der Waals surface area contributed by atoms with Crippen molar-refractivity contribution in [1.82, 2.24) is 15.1 Å². The van der Waals surface area contributed by atoms with Crippen molar-refractivity contribution < 1.29 is 9.53 Å². The van der Waals surface area contributed by atoms with Gasteiger partial charge in [0.1, 0.15) is 11.4 Å². The van der Waals surface area contributed by atoms with Gasteiger partial charge in [-0.1, -0.05) is 26.0 Å². The SMILES string of the molecule is CC(C)Cc1cc(C(=O)NC(C)c2ccc3c(c2)CCCO3)n(C)n1. The molecule has 2 heterocycles. The number of amides is 1. The zero-order valence-corrected chi connectivity index (χ0v) is 15.5. The standard InChI is InChI=1S/C20H27N3O2/c1-13(2)10-17-12-18(23(4)22-17)20(24)21-14(3)15-7-8-19-16(11-15)6-5-9-25-19/h7-8,11-14H,5-6,9-10H2,1-4H3,(H,21,24). The summed E-state index contributed by atoms with van der Waals surface area (Å²) in [5.41, 5.74) is 3.89. The van der Waals surface area contributed by atoms with Crippen molar-refractivity contribution in [2.75, 3.05) is 6.61 Å². The van der Waals surface area contributed by atoms with E-state index >= 15 is 0 Å². The first-order valence-corrected chi connectivity index (χ1v) is 9.03. The van der Waals surface area contributed by atoms with Gasteiger partial charge >= 0.3 is 0 Å². The average Bonchev–Trinajstić information content (AvgIpc) is 2.94. The van der Waals surface area contributed by atoms with Gasteiger partial charge in [0, 0.05) is 7.05 Å². The smallest absolute Gasteiger partial charge is 0.270 e. The van der Waals surface area contributed by atoms with Gasteiger partial charge in [0.05, 0.1) is 18.3 Å². The topological polar surface area (TPSA) is 56.1 Å². The van der Waals surface area contributed by atoms with Crippen LogP contribution in [0.15, 0.2) is 24.3 Å². The zero-order chi connectivity index (χ0) is 18.0. The molecule has 0 aliphatic carbocycles. The molecule has 0 radical (unpaired) electrons. The minimum atomic E-state index is -0.0912. The Morgan fingerprint density at radius 1 is 1.32 bits per heavy atom. The highest BCUT2D eigenvalue weighted by Gasteiger charge is 2.18. The lowest BCUT2D eigenvalue weighted by Gasteiger charge is -2.20. The maximum absolute atomic E-state index is 12.6.